The molecule has 4 nitrogen and oxygen atoms in total. The SMILES string of the molecule is OCC(F)CC(O)C(O)CO. The van der Waals surface area contributed by atoms with Crippen molar-refractivity contribution in [1.29, 1.82) is 0 Å². The molecule has 68 valence electrons. The molecular formula is C6H13FO4. The molecule has 0 spiro atoms. The summed E-state index contributed by atoms with van der Waals surface area (Å²) in [6, 6.07) is 0. The predicted octanol–water partition coefficient (Wildman–Crippen LogP) is -1.58. The number of aliphatic hydroxyl groups excluding tert-OH is 4. The Morgan fingerprint density at radius 3 is 1.91 bits per heavy atom. The number of hydrogen-bond acceptors (Lipinski definition) is 4. The molecule has 3 atom stereocenters. The van der Waals surface area contributed by atoms with Gasteiger partial charge in [0.1, 0.15) is 12.3 Å². The van der Waals surface area contributed by atoms with Crippen LogP contribution in [0.5, 0.6) is 0 Å². The van der Waals surface area contributed by atoms with Crippen LogP contribution in [0.1, 0.15) is 6.42 Å². The Hall–Kier alpha value is -0.230. The highest BCUT2D eigenvalue weighted by atomic mass is 19.1. The topological polar surface area (TPSA) is 80.9 Å². The summed E-state index contributed by atoms with van der Waals surface area (Å²) in [4.78, 5) is 0. The first-order chi connectivity index (χ1) is 5.11. The normalized spacial score (nSPS) is 19.4. The number of rotatable bonds is 5. The highest BCUT2D eigenvalue weighted by molar-refractivity contribution is 4.69. The second-order valence-electron chi connectivity index (χ2n) is 2.33. The number of alkyl halides is 1. The molecule has 0 amide bonds. The van der Waals surface area contributed by atoms with Crippen molar-refractivity contribution >= 4 is 0 Å². The molecule has 0 radical (unpaired) electrons. The zero-order chi connectivity index (χ0) is 8.85. The lowest BCUT2D eigenvalue weighted by molar-refractivity contribution is -0.0317. The summed E-state index contributed by atoms with van der Waals surface area (Å²) in [6.07, 6.45) is -4.56. The molecular weight excluding hydrogens is 155 g/mol. The summed E-state index contributed by atoms with van der Waals surface area (Å²) in [5, 5.41) is 34.1. The number of halogens is 1. The predicted molar refractivity (Wildman–Crippen MR) is 35.7 cm³/mol. The third kappa shape index (κ3) is 4.26. The monoisotopic (exact) mass is 168 g/mol. The van der Waals surface area contributed by atoms with Crippen molar-refractivity contribution in [2.75, 3.05) is 13.2 Å². The van der Waals surface area contributed by atoms with Gasteiger partial charge in [-0.1, -0.05) is 0 Å². The maximum atomic E-state index is 12.3. The third-order valence-electron chi connectivity index (χ3n) is 1.33. The molecule has 0 saturated heterocycles. The van der Waals surface area contributed by atoms with Gasteiger partial charge in [0.05, 0.1) is 19.3 Å². The van der Waals surface area contributed by atoms with Gasteiger partial charge in [0.15, 0.2) is 0 Å². The van der Waals surface area contributed by atoms with Gasteiger partial charge in [0, 0.05) is 6.42 Å². The van der Waals surface area contributed by atoms with Gasteiger partial charge in [-0.15, -0.1) is 0 Å². The van der Waals surface area contributed by atoms with E-state index in [0.717, 1.165) is 0 Å². The van der Waals surface area contributed by atoms with Gasteiger partial charge in [-0.2, -0.15) is 0 Å². The van der Waals surface area contributed by atoms with Crippen LogP contribution >= 0.6 is 0 Å². The lowest BCUT2D eigenvalue weighted by Crippen LogP contribution is -2.32. The first-order valence-corrected chi connectivity index (χ1v) is 3.33. The van der Waals surface area contributed by atoms with Gasteiger partial charge in [0.2, 0.25) is 0 Å². The van der Waals surface area contributed by atoms with Crippen LogP contribution in [0.15, 0.2) is 0 Å². The van der Waals surface area contributed by atoms with Crippen LogP contribution in [0.2, 0.25) is 0 Å². The van der Waals surface area contributed by atoms with Crippen molar-refractivity contribution in [3.05, 3.63) is 0 Å². The largest absolute Gasteiger partial charge is 0.394 e. The van der Waals surface area contributed by atoms with Gasteiger partial charge in [-0.25, -0.2) is 4.39 Å². The molecule has 3 unspecified atom stereocenters. The first kappa shape index (κ1) is 10.8. The van der Waals surface area contributed by atoms with E-state index < -0.39 is 31.6 Å². The second kappa shape index (κ2) is 5.42. The molecule has 0 aliphatic rings. The van der Waals surface area contributed by atoms with Crippen LogP contribution in [0.25, 0.3) is 0 Å². The van der Waals surface area contributed by atoms with Crippen LogP contribution < -0.4 is 0 Å². The van der Waals surface area contributed by atoms with Crippen molar-refractivity contribution in [2.24, 2.45) is 0 Å². The van der Waals surface area contributed by atoms with Crippen LogP contribution in [0, 0.1) is 0 Å². The Kier molecular flexibility index (Phi) is 5.31. The average molecular weight is 168 g/mol. The van der Waals surface area contributed by atoms with E-state index in [2.05, 4.69) is 0 Å². The zero-order valence-corrected chi connectivity index (χ0v) is 6.02. The minimum atomic E-state index is -1.55. The summed E-state index contributed by atoms with van der Waals surface area (Å²) >= 11 is 0. The lowest BCUT2D eigenvalue weighted by Gasteiger charge is -2.16. The standard InChI is InChI=1S/C6H13FO4/c7-4(2-8)1-5(10)6(11)3-9/h4-6,8-11H,1-3H2. The molecule has 5 heteroatoms. The van der Waals surface area contributed by atoms with E-state index in [1.807, 2.05) is 0 Å². The molecule has 4 N–H and O–H groups in total. The van der Waals surface area contributed by atoms with Gasteiger partial charge in [-0.05, 0) is 0 Å². The fraction of sp³-hybridized carbons (Fsp3) is 1.00. The molecule has 0 aromatic rings. The highest BCUT2D eigenvalue weighted by Gasteiger charge is 2.19. The summed E-state index contributed by atoms with van der Waals surface area (Å²) < 4.78 is 12.3. The molecule has 0 saturated carbocycles. The molecule has 0 fully saturated rings. The summed E-state index contributed by atoms with van der Waals surface area (Å²) in [7, 11) is 0. The van der Waals surface area contributed by atoms with E-state index in [-0.39, 0.29) is 6.42 Å². The van der Waals surface area contributed by atoms with Crippen molar-refractivity contribution in [3.63, 3.8) is 0 Å². The Bertz CT molecular complexity index is 101. The van der Waals surface area contributed by atoms with Crippen LogP contribution in [-0.2, 0) is 0 Å². The van der Waals surface area contributed by atoms with Gasteiger partial charge < -0.3 is 20.4 Å². The fourth-order valence-corrected chi connectivity index (χ4v) is 0.615. The number of hydrogen-bond donors (Lipinski definition) is 4. The van der Waals surface area contributed by atoms with E-state index in [4.69, 9.17) is 20.4 Å². The molecule has 0 aliphatic carbocycles. The van der Waals surface area contributed by atoms with Crippen molar-refractivity contribution in [3.8, 4) is 0 Å². The maximum Gasteiger partial charge on any atom is 0.126 e. The fourth-order valence-electron chi connectivity index (χ4n) is 0.615. The Labute approximate surface area is 63.9 Å². The molecule has 11 heavy (non-hydrogen) atoms. The molecule has 0 bridgehead atoms. The van der Waals surface area contributed by atoms with Gasteiger partial charge >= 0.3 is 0 Å². The molecule has 0 aromatic heterocycles. The van der Waals surface area contributed by atoms with E-state index in [1.165, 1.54) is 0 Å². The minimum Gasteiger partial charge on any atom is -0.394 e. The summed E-state index contributed by atoms with van der Waals surface area (Å²) in [6.45, 7) is -1.30. The van der Waals surface area contributed by atoms with Crippen molar-refractivity contribution in [1.82, 2.24) is 0 Å². The molecule has 0 aromatic carbocycles. The smallest absolute Gasteiger partial charge is 0.126 e. The first-order valence-electron chi connectivity index (χ1n) is 3.33. The average Bonchev–Trinajstić information content (AvgIpc) is 2.02. The van der Waals surface area contributed by atoms with Crippen LogP contribution in [0.4, 0.5) is 4.39 Å². The Morgan fingerprint density at radius 2 is 1.55 bits per heavy atom. The second-order valence-corrected chi connectivity index (χ2v) is 2.33. The summed E-state index contributed by atoms with van der Waals surface area (Å²) in [5.74, 6) is 0. The van der Waals surface area contributed by atoms with Crippen molar-refractivity contribution < 1.29 is 24.8 Å². The number of aliphatic hydroxyl groups is 4. The van der Waals surface area contributed by atoms with E-state index in [0.29, 0.717) is 0 Å². The molecule has 0 rings (SSSR count). The zero-order valence-electron chi connectivity index (χ0n) is 6.02. The summed E-state index contributed by atoms with van der Waals surface area (Å²) in [5.41, 5.74) is 0. The van der Waals surface area contributed by atoms with Crippen molar-refractivity contribution in [2.45, 2.75) is 24.8 Å². The quantitative estimate of drug-likeness (QED) is 0.399. The minimum absolute atomic E-state index is 0.363. The van der Waals surface area contributed by atoms with E-state index in [9.17, 15) is 4.39 Å². The Balaban J connectivity index is 3.58. The van der Waals surface area contributed by atoms with E-state index in [1.54, 1.807) is 0 Å². The third-order valence-corrected chi connectivity index (χ3v) is 1.33. The van der Waals surface area contributed by atoms with Crippen LogP contribution in [-0.4, -0.2) is 52.0 Å². The van der Waals surface area contributed by atoms with Gasteiger partial charge in [0.25, 0.3) is 0 Å². The van der Waals surface area contributed by atoms with E-state index >= 15 is 0 Å². The molecule has 0 heterocycles. The Morgan fingerprint density at radius 1 is 1.00 bits per heavy atom. The molecule has 0 aliphatic heterocycles. The van der Waals surface area contributed by atoms with Crippen LogP contribution in [0.3, 0.4) is 0 Å². The highest BCUT2D eigenvalue weighted by Crippen LogP contribution is 2.05. The van der Waals surface area contributed by atoms with Gasteiger partial charge in [-0.3, -0.25) is 0 Å². The lowest BCUT2D eigenvalue weighted by atomic mass is 10.1. The maximum absolute atomic E-state index is 12.3.